The number of carbonyl (C=O) groups excluding carboxylic acids is 1. The number of nitrogens with zero attached hydrogens (tertiary/aromatic N) is 3. The molecule has 1 atom stereocenters. The van der Waals surface area contributed by atoms with Gasteiger partial charge in [-0.05, 0) is 30.5 Å². The summed E-state index contributed by atoms with van der Waals surface area (Å²) in [4.78, 5) is 17.0. The molecule has 0 aromatic carbocycles. The highest BCUT2D eigenvalue weighted by atomic mass is 19.4. The molecular formula is C25H25F3N4O4. The summed E-state index contributed by atoms with van der Waals surface area (Å²) in [6.45, 7) is 1.51. The number of alkyl halides is 3. The Labute approximate surface area is 204 Å². The van der Waals surface area contributed by atoms with Crippen LogP contribution in [0, 0.1) is 0 Å². The third-order valence-electron chi connectivity index (χ3n) is 7.32. The molecule has 1 saturated carbocycles. The van der Waals surface area contributed by atoms with Gasteiger partial charge in [-0.25, -0.2) is 0 Å². The number of amides is 1. The van der Waals surface area contributed by atoms with Crippen LogP contribution in [-0.4, -0.2) is 53.1 Å². The van der Waals surface area contributed by atoms with Crippen LogP contribution in [-0.2, 0) is 34.0 Å². The Balaban J connectivity index is 1.39. The first kappa shape index (κ1) is 23.2. The van der Waals surface area contributed by atoms with Gasteiger partial charge in [-0.15, -0.1) is 0 Å². The predicted molar refractivity (Wildman–Crippen MR) is 120 cm³/mol. The maximum atomic E-state index is 14.4. The summed E-state index contributed by atoms with van der Waals surface area (Å²) in [6, 6.07) is 3.68. The van der Waals surface area contributed by atoms with Gasteiger partial charge in [-0.2, -0.15) is 18.3 Å². The van der Waals surface area contributed by atoms with Crippen LogP contribution in [0.2, 0.25) is 0 Å². The number of hydrogen-bond acceptors (Lipinski definition) is 6. The van der Waals surface area contributed by atoms with Gasteiger partial charge in [-0.1, -0.05) is 6.42 Å². The maximum Gasteiger partial charge on any atom is 0.420 e. The number of pyridine rings is 1. The van der Waals surface area contributed by atoms with Crippen molar-refractivity contribution in [3.8, 4) is 11.3 Å². The minimum atomic E-state index is -4.80. The van der Waals surface area contributed by atoms with Gasteiger partial charge in [0.05, 0.1) is 38.0 Å². The van der Waals surface area contributed by atoms with Crippen LogP contribution in [0.1, 0.15) is 52.3 Å². The predicted octanol–water partition coefficient (Wildman–Crippen LogP) is 3.73. The number of aromatic nitrogens is 3. The van der Waals surface area contributed by atoms with E-state index in [1.54, 1.807) is 17.1 Å². The molecule has 0 radical (unpaired) electrons. The lowest BCUT2D eigenvalue weighted by molar-refractivity contribution is -0.137. The van der Waals surface area contributed by atoms with Gasteiger partial charge in [0.25, 0.3) is 5.91 Å². The van der Waals surface area contributed by atoms with Gasteiger partial charge in [-0.3, -0.25) is 14.5 Å². The molecule has 11 heteroatoms. The standard InChI is InChI=1S/C25H25F3N4O4/c26-25(27,28)20-19-18(36-22(20)23(33)30-11-16-14-34-8-9-35-16)10-24(4-1-5-24)17-13-32(31-21(17)19)12-15-2-6-29-7-3-15/h2-3,6-7,13,16H,1,4-5,8-12,14H2,(H,30,33)/t16-/m1/s1. The number of rotatable bonds is 5. The summed E-state index contributed by atoms with van der Waals surface area (Å²) >= 11 is 0. The molecule has 1 amide bonds. The van der Waals surface area contributed by atoms with Crippen molar-refractivity contribution < 1.29 is 31.9 Å². The van der Waals surface area contributed by atoms with Crippen molar-refractivity contribution in [3.63, 3.8) is 0 Å². The third-order valence-corrected chi connectivity index (χ3v) is 7.32. The second kappa shape index (κ2) is 8.74. The molecule has 1 N–H and O–H groups in total. The quantitative estimate of drug-likeness (QED) is 0.572. The topological polar surface area (TPSA) is 91.4 Å². The molecule has 3 aliphatic rings. The molecule has 190 valence electrons. The summed E-state index contributed by atoms with van der Waals surface area (Å²) in [5.41, 5.74) is 0.474. The summed E-state index contributed by atoms with van der Waals surface area (Å²) in [6.07, 6.45) is 2.92. The zero-order valence-electron chi connectivity index (χ0n) is 19.4. The molecule has 4 heterocycles. The van der Waals surface area contributed by atoms with E-state index in [1.165, 1.54) is 0 Å². The number of furan rings is 1. The second-order valence-electron chi connectivity index (χ2n) is 9.63. The van der Waals surface area contributed by atoms with Crippen molar-refractivity contribution in [1.29, 1.82) is 0 Å². The van der Waals surface area contributed by atoms with Crippen LogP contribution in [0.15, 0.2) is 35.1 Å². The minimum Gasteiger partial charge on any atom is -0.454 e. The van der Waals surface area contributed by atoms with E-state index in [4.69, 9.17) is 13.9 Å². The van der Waals surface area contributed by atoms with E-state index in [2.05, 4.69) is 15.4 Å². The SMILES string of the molecule is O=C(NC[C@@H]1COCCO1)c1oc2c(c1C(F)(F)F)-c1nn(Cc3ccncc3)cc1C1(CCC1)C2. The lowest BCUT2D eigenvalue weighted by Crippen LogP contribution is -2.40. The average Bonchev–Trinajstić information content (AvgIpc) is 3.43. The molecule has 6 rings (SSSR count). The first-order valence-corrected chi connectivity index (χ1v) is 12.0. The van der Waals surface area contributed by atoms with Crippen molar-refractivity contribution in [2.45, 2.75) is 49.9 Å². The number of hydrogen-bond donors (Lipinski definition) is 1. The van der Waals surface area contributed by atoms with Gasteiger partial charge in [0.1, 0.15) is 17.0 Å². The highest BCUT2D eigenvalue weighted by molar-refractivity contribution is 5.96. The Morgan fingerprint density at radius 2 is 2.03 bits per heavy atom. The van der Waals surface area contributed by atoms with Crippen molar-refractivity contribution in [3.05, 3.63) is 58.9 Å². The fourth-order valence-electron chi connectivity index (χ4n) is 5.43. The molecule has 3 aromatic heterocycles. The van der Waals surface area contributed by atoms with E-state index < -0.39 is 29.5 Å². The van der Waals surface area contributed by atoms with Crippen molar-refractivity contribution in [1.82, 2.24) is 20.1 Å². The molecule has 2 aliphatic carbocycles. The fraction of sp³-hybridized carbons (Fsp3) is 0.480. The normalized spacial score (nSPS) is 20.5. The van der Waals surface area contributed by atoms with Gasteiger partial charge in [0, 0.05) is 42.5 Å². The van der Waals surface area contributed by atoms with Gasteiger partial charge in [0.15, 0.2) is 0 Å². The van der Waals surface area contributed by atoms with Crippen molar-refractivity contribution in [2.75, 3.05) is 26.4 Å². The molecule has 2 fully saturated rings. The largest absolute Gasteiger partial charge is 0.454 e. The van der Waals surface area contributed by atoms with Crippen LogP contribution < -0.4 is 5.32 Å². The van der Waals surface area contributed by atoms with Crippen molar-refractivity contribution in [2.24, 2.45) is 0 Å². The van der Waals surface area contributed by atoms with E-state index in [-0.39, 0.29) is 35.6 Å². The van der Waals surface area contributed by atoms with Crippen LogP contribution in [0.5, 0.6) is 0 Å². The maximum absolute atomic E-state index is 14.4. The number of ether oxygens (including phenoxy) is 2. The van der Waals surface area contributed by atoms with Gasteiger partial charge >= 0.3 is 6.18 Å². The van der Waals surface area contributed by atoms with E-state index in [9.17, 15) is 18.0 Å². The molecule has 0 unspecified atom stereocenters. The molecule has 1 aliphatic heterocycles. The highest BCUT2D eigenvalue weighted by Crippen LogP contribution is 2.56. The summed E-state index contributed by atoms with van der Waals surface area (Å²) < 4.78 is 61.5. The van der Waals surface area contributed by atoms with Crippen LogP contribution in [0.25, 0.3) is 11.3 Å². The third kappa shape index (κ3) is 4.00. The monoisotopic (exact) mass is 502 g/mol. The Hall–Kier alpha value is -3.18. The second-order valence-corrected chi connectivity index (χ2v) is 9.63. The van der Waals surface area contributed by atoms with Crippen LogP contribution >= 0.6 is 0 Å². The first-order valence-electron chi connectivity index (χ1n) is 12.0. The average molecular weight is 502 g/mol. The number of nitrogens with one attached hydrogen (secondary N) is 1. The molecule has 36 heavy (non-hydrogen) atoms. The minimum absolute atomic E-state index is 0.0250. The number of halogens is 3. The van der Waals surface area contributed by atoms with E-state index in [0.717, 1.165) is 30.4 Å². The summed E-state index contributed by atoms with van der Waals surface area (Å²) in [7, 11) is 0. The summed E-state index contributed by atoms with van der Waals surface area (Å²) in [5.74, 6) is -1.48. The Morgan fingerprint density at radius 1 is 1.22 bits per heavy atom. The number of fused-ring (bicyclic) bond motifs is 4. The van der Waals surface area contributed by atoms with E-state index in [0.29, 0.717) is 26.2 Å². The highest BCUT2D eigenvalue weighted by Gasteiger charge is 2.52. The van der Waals surface area contributed by atoms with E-state index >= 15 is 0 Å². The number of carbonyl (C=O) groups is 1. The Morgan fingerprint density at radius 3 is 2.69 bits per heavy atom. The molecule has 8 nitrogen and oxygen atoms in total. The first-order chi connectivity index (χ1) is 17.3. The smallest absolute Gasteiger partial charge is 0.420 e. The van der Waals surface area contributed by atoms with Crippen LogP contribution in [0.4, 0.5) is 13.2 Å². The Kier molecular flexibility index (Phi) is 5.64. The van der Waals surface area contributed by atoms with Gasteiger partial charge < -0.3 is 19.2 Å². The molecule has 0 bridgehead atoms. The summed E-state index contributed by atoms with van der Waals surface area (Å²) in [5, 5.41) is 7.13. The zero-order chi connectivity index (χ0) is 24.9. The lowest BCUT2D eigenvalue weighted by Gasteiger charge is -2.43. The zero-order valence-corrected chi connectivity index (χ0v) is 19.4. The van der Waals surface area contributed by atoms with Crippen molar-refractivity contribution >= 4 is 5.91 Å². The molecule has 1 saturated heterocycles. The van der Waals surface area contributed by atoms with E-state index in [1.807, 2.05) is 18.3 Å². The molecular weight excluding hydrogens is 477 g/mol. The fourth-order valence-corrected chi connectivity index (χ4v) is 5.43. The molecule has 3 aromatic rings. The molecule has 1 spiro atoms. The van der Waals surface area contributed by atoms with Crippen LogP contribution in [0.3, 0.4) is 0 Å². The van der Waals surface area contributed by atoms with Gasteiger partial charge in [0.2, 0.25) is 5.76 Å². The Bertz CT molecular complexity index is 1270. The lowest BCUT2D eigenvalue weighted by atomic mass is 9.59.